The van der Waals surface area contributed by atoms with E-state index >= 15 is 0 Å². The summed E-state index contributed by atoms with van der Waals surface area (Å²) in [6, 6.07) is 8.08. The van der Waals surface area contributed by atoms with Gasteiger partial charge in [0.15, 0.2) is 0 Å². The second-order valence-electron chi connectivity index (χ2n) is 4.36. The summed E-state index contributed by atoms with van der Waals surface area (Å²) in [4.78, 5) is 8.73. The van der Waals surface area contributed by atoms with E-state index in [1.165, 1.54) is 5.56 Å². The topological polar surface area (TPSA) is 49.8 Å². The number of anilines is 2. The van der Waals surface area contributed by atoms with E-state index in [1.807, 2.05) is 24.3 Å². The normalized spacial score (nSPS) is 13.4. The van der Waals surface area contributed by atoms with Gasteiger partial charge in [-0.05, 0) is 19.1 Å². The highest BCUT2D eigenvalue weighted by atomic mass is 35.5. The summed E-state index contributed by atoms with van der Waals surface area (Å²) in [6.45, 7) is 3.55. The number of benzene rings is 1. The average Bonchev–Trinajstić information content (AvgIpc) is 2.81. The van der Waals surface area contributed by atoms with Crippen molar-refractivity contribution >= 4 is 23.2 Å². The van der Waals surface area contributed by atoms with Crippen LogP contribution in [0, 0.1) is 6.92 Å². The molecule has 4 nitrogen and oxygen atoms in total. The standard InChI is InChI=1S/C13H13ClN4/c1-8-2-4-9(5-3-8)16-13-17-11-7-15-6-10(11)12(14)18-13/h2-5,15H,6-7H2,1H3,(H,16,17,18). The number of fused-ring (bicyclic) bond motifs is 1. The molecule has 1 aliphatic heterocycles. The van der Waals surface area contributed by atoms with Gasteiger partial charge in [-0.15, -0.1) is 0 Å². The highest BCUT2D eigenvalue weighted by molar-refractivity contribution is 6.30. The van der Waals surface area contributed by atoms with Crippen LogP contribution >= 0.6 is 11.6 Å². The largest absolute Gasteiger partial charge is 0.324 e. The van der Waals surface area contributed by atoms with Gasteiger partial charge in [-0.25, -0.2) is 9.97 Å². The van der Waals surface area contributed by atoms with Crippen LogP contribution in [0.1, 0.15) is 16.8 Å². The summed E-state index contributed by atoms with van der Waals surface area (Å²) in [5.41, 5.74) is 4.16. The fourth-order valence-corrected chi connectivity index (χ4v) is 2.20. The molecule has 0 aliphatic carbocycles. The van der Waals surface area contributed by atoms with Gasteiger partial charge in [0.25, 0.3) is 0 Å². The van der Waals surface area contributed by atoms with Gasteiger partial charge in [-0.2, -0.15) is 0 Å². The van der Waals surface area contributed by atoms with Crippen molar-refractivity contribution in [1.82, 2.24) is 15.3 Å². The number of nitrogens with one attached hydrogen (secondary N) is 2. The first kappa shape index (κ1) is 11.4. The maximum atomic E-state index is 6.14. The van der Waals surface area contributed by atoms with Crippen LogP contribution in [0.3, 0.4) is 0 Å². The molecule has 2 aromatic rings. The lowest BCUT2D eigenvalue weighted by molar-refractivity contribution is 0.758. The van der Waals surface area contributed by atoms with Crippen LogP contribution in [0.2, 0.25) is 5.15 Å². The second kappa shape index (κ2) is 4.55. The van der Waals surface area contributed by atoms with Crippen LogP contribution in [-0.4, -0.2) is 9.97 Å². The van der Waals surface area contributed by atoms with Gasteiger partial charge < -0.3 is 10.6 Å². The molecule has 0 spiro atoms. The number of halogens is 1. The minimum atomic E-state index is 0.527. The molecule has 0 saturated carbocycles. The molecule has 0 bridgehead atoms. The van der Waals surface area contributed by atoms with Crippen LogP contribution in [-0.2, 0) is 13.1 Å². The van der Waals surface area contributed by atoms with Crippen molar-refractivity contribution in [2.24, 2.45) is 0 Å². The Morgan fingerprint density at radius 2 is 1.94 bits per heavy atom. The smallest absolute Gasteiger partial charge is 0.228 e. The second-order valence-corrected chi connectivity index (χ2v) is 4.72. The van der Waals surface area contributed by atoms with Crippen LogP contribution in [0.5, 0.6) is 0 Å². The number of nitrogens with zero attached hydrogens (tertiary/aromatic N) is 2. The minimum absolute atomic E-state index is 0.527. The summed E-state index contributed by atoms with van der Waals surface area (Å²) in [5, 5.41) is 6.91. The Hall–Kier alpha value is -1.65. The van der Waals surface area contributed by atoms with Crippen molar-refractivity contribution in [3.63, 3.8) is 0 Å². The molecule has 0 amide bonds. The maximum Gasteiger partial charge on any atom is 0.228 e. The third-order valence-electron chi connectivity index (χ3n) is 2.94. The molecule has 0 atom stereocenters. The molecule has 2 heterocycles. The Morgan fingerprint density at radius 1 is 1.17 bits per heavy atom. The Bertz CT molecular complexity index is 580. The van der Waals surface area contributed by atoms with Gasteiger partial charge in [-0.1, -0.05) is 29.3 Å². The van der Waals surface area contributed by atoms with Crippen molar-refractivity contribution < 1.29 is 0 Å². The van der Waals surface area contributed by atoms with Gasteiger partial charge in [0, 0.05) is 24.3 Å². The first-order valence-electron chi connectivity index (χ1n) is 5.82. The van der Waals surface area contributed by atoms with Crippen molar-refractivity contribution in [3.8, 4) is 0 Å². The lowest BCUT2D eigenvalue weighted by Gasteiger charge is -2.07. The number of rotatable bonds is 2. The summed E-state index contributed by atoms with van der Waals surface area (Å²) in [6.07, 6.45) is 0. The van der Waals surface area contributed by atoms with E-state index in [0.717, 1.165) is 30.0 Å². The monoisotopic (exact) mass is 260 g/mol. The fourth-order valence-electron chi connectivity index (χ4n) is 1.95. The molecule has 18 heavy (non-hydrogen) atoms. The molecule has 2 N–H and O–H groups in total. The van der Waals surface area contributed by atoms with Crippen molar-refractivity contribution in [1.29, 1.82) is 0 Å². The molecule has 5 heteroatoms. The first-order valence-corrected chi connectivity index (χ1v) is 6.20. The lowest BCUT2D eigenvalue weighted by Crippen LogP contribution is -2.02. The Balaban J connectivity index is 1.89. The molecule has 0 radical (unpaired) electrons. The van der Waals surface area contributed by atoms with Gasteiger partial charge >= 0.3 is 0 Å². The highest BCUT2D eigenvalue weighted by Crippen LogP contribution is 2.24. The zero-order chi connectivity index (χ0) is 12.5. The first-order chi connectivity index (χ1) is 8.72. The molecule has 1 aromatic carbocycles. The SMILES string of the molecule is Cc1ccc(Nc2nc(Cl)c3c(n2)CNC3)cc1. The van der Waals surface area contributed by atoms with Crippen LogP contribution in [0.4, 0.5) is 11.6 Å². The van der Waals surface area contributed by atoms with Gasteiger partial charge in [-0.3, -0.25) is 0 Å². The predicted molar refractivity (Wildman–Crippen MR) is 72.0 cm³/mol. The number of hydrogen-bond acceptors (Lipinski definition) is 4. The average molecular weight is 261 g/mol. The van der Waals surface area contributed by atoms with Gasteiger partial charge in [0.05, 0.1) is 5.69 Å². The van der Waals surface area contributed by atoms with Crippen LogP contribution in [0.25, 0.3) is 0 Å². The number of aryl methyl sites for hydroxylation is 1. The summed E-state index contributed by atoms with van der Waals surface area (Å²) < 4.78 is 0. The Labute approximate surface area is 110 Å². The highest BCUT2D eigenvalue weighted by Gasteiger charge is 2.17. The van der Waals surface area contributed by atoms with E-state index < -0.39 is 0 Å². The number of hydrogen-bond donors (Lipinski definition) is 2. The molecule has 1 aromatic heterocycles. The Morgan fingerprint density at radius 3 is 2.72 bits per heavy atom. The van der Waals surface area contributed by atoms with Crippen molar-refractivity contribution in [3.05, 3.63) is 46.2 Å². The molecule has 3 rings (SSSR count). The third-order valence-corrected chi connectivity index (χ3v) is 3.26. The quantitative estimate of drug-likeness (QED) is 0.816. The summed E-state index contributed by atoms with van der Waals surface area (Å²) in [7, 11) is 0. The number of aromatic nitrogens is 2. The lowest BCUT2D eigenvalue weighted by atomic mass is 10.2. The van der Waals surface area contributed by atoms with E-state index in [4.69, 9.17) is 11.6 Å². The molecular formula is C13H13ClN4. The van der Waals surface area contributed by atoms with Crippen molar-refractivity contribution in [2.45, 2.75) is 20.0 Å². The molecule has 1 aliphatic rings. The van der Waals surface area contributed by atoms with Gasteiger partial charge in [0.1, 0.15) is 5.15 Å². The third kappa shape index (κ3) is 2.17. The molecule has 92 valence electrons. The molecule has 0 unspecified atom stereocenters. The van der Waals surface area contributed by atoms with E-state index in [9.17, 15) is 0 Å². The summed E-state index contributed by atoms with van der Waals surface area (Å²) >= 11 is 6.14. The van der Waals surface area contributed by atoms with Gasteiger partial charge in [0.2, 0.25) is 5.95 Å². The van der Waals surface area contributed by atoms with Crippen molar-refractivity contribution in [2.75, 3.05) is 5.32 Å². The Kier molecular flexibility index (Phi) is 2.89. The molecule has 0 fully saturated rings. The van der Waals surface area contributed by atoms with Crippen LogP contribution in [0.15, 0.2) is 24.3 Å². The zero-order valence-electron chi connectivity index (χ0n) is 10.00. The van der Waals surface area contributed by atoms with E-state index in [-0.39, 0.29) is 0 Å². The molecular weight excluding hydrogens is 248 g/mol. The fraction of sp³-hybridized carbons (Fsp3) is 0.231. The van der Waals surface area contributed by atoms with E-state index in [0.29, 0.717) is 11.1 Å². The summed E-state index contributed by atoms with van der Waals surface area (Å²) in [5.74, 6) is 0.548. The zero-order valence-corrected chi connectivity index (χ0v) is 10.8. The van der Waals surface area contributed by atoms with Crippen LogP contribution < -0.4 is 10.6 Å². The minimum Gasteiger partial charge on any atom is -0.324 e. The van der Waals surface area contributed by atoms with E-state index in [2.05, 4.69) is 27.5 Å². The predicted octanol–water partition coefficient (Wildman–Crippen LogP) is 2.79. The van der Waals surface area contributed by atoms with E-state index in [1.54, 1.807) is 0 Å². The molecule has 0 saturated heterocycles. The maximum absolute atomic E-state index is 6.14.